The zero-order valence-corrected chi connectivity index (χ0v) is 14.4. The molecule has 0 amide bonds. The Morgan fingerprint density at radius 2 is 2.00 bits per heavy atom. The van der Waals surface area contributed by atoms with E-state index < -0.39 is 0 Å². The number of nitrogens with zero attached hydrogens (tertiary/aromatic N) is 1. The SMILES string of the molecule is CCCNC(c1cccc(C2CCC2)c1)C(C)(C)N(C)C. The molecule has 0 aliphatic heterocycles. The Bertz CT molecular complexity index is 447. The van der Waals surface area contributed by atoms with E-state index in [2.05, 4.69) is 69.3 Å². The van der Waals surface area contributed by atoms with Crippen LogP contribution >= 0.6 is 0 Å². The molecule has 1 aliphatic carbocycles. The van der Waals surface area contributed by atoms with Gasteiger partial charge in [0.05, 0.1) is 6.04 Å². The minimum absolute atomic E-state index is 0.0907. The summed E-state index contributed by atoms with van der Waals surface area (Å²) in [6.07, 6.45) is 5.30. The molecule has 21 heavy (non-hydrogen) atoms. The van der Waals surface area contributed by atoms with Crippen molar-refractivity contribution in [2.24, 2.45) is 0 Å². The van der Waals surface area contributed by atoms with E-state index in [0.29, 0.717) is 6.04 Å². The predicted octanol–water partition coefficient (Wildman–Crippen LogP) is 4.34. The molecule has 1 fully saturated rings. The van der Waals surface area contributed by atoms with E-state index in [1.807, 2.05) is 0 Å². The number of rotatable bonds is 7. The third kappa shape index (κ3) is 3.67. The molecule has 1 atom stereocenters. The third-order valence-corrected chi connectivity index (χ3v) is 5.28. The van der Waals surface area contributed by atoms with Crippen LogP contribution in [0.2, 0.25) is 0 Å². The molecular weight excluding hydrogens is 256 g/mol. The maximum Gasteiger partial charge on any atom is 0.0501 e. The van der Waals surface area contributed by atoms with E-state index in [-0.39, 0.29) is 5.54 Å². The number of hydrogen-bond donors (Lipinski definition) is 1. The van der Waals surface area contributed by atoms with Crippen LogP contribution in [-0.2, 0) is 0 Å². The monoisotopic (exact) mass is 288 g/mol. The topological polar surface area (TPSA) is 15.3 Å². The fourth-order valence-corrected chi connectivity index (χ4v) is 3.06. The molecule has 0 saturated heterocycles. The van der Waals surface area contributed by atoms with Crippen molar-refractivity contribution in [2.45, 2.75) is 64.0 Å². The summed E-state index contributed by atoms with van der Waals surface area (Å²) in [6.45, 7) is 7.96. The molecule has 0 heterocycles. The van der Waals surface area contributed by atoms with Crippen molar-refractivity contribution in [1.29, 1.82) is 0 Å². The second kappa shape index (κ2) is 6.93. The van der Waals surface area contributed by atoms with Crippen LogP contribution in [0.25, 0.3) is 0 Å². The van der Waals surface area contributed by atoms with Gasteiger partial charge in [-0.2, -0.15) is 0 Å². The highest BCUT2D eigenvalue weighted by molar-refractivity contribution is 5.31. The molecule has 0 spiro atoms. The van der Waals surface area contributed by atoms with E-state index in [4.69, 9.17) is 0 Å². The Kier molecular flexibility index (Phi) is 5.45. The van der Waals surface area contributed by atoms with E-state index >= 15 is 0 Å². The van der Waals surface area contributed by atoms with Crippen molar-refractivity contribution in [3.05, 3.63) is 35.4 Å². The number of benzene rings is 1. The summed E-state index contributed by atoms with van der Waals surface area (Å²) in [5.41, 5.74) is 3.07. The predicted molar refractivity (Wildman–Crippen MR) is 91.8 cm³/mol. The fourth-order valence-electron chi connectivity index (χ4n) is 3.06. The quantitative estimate of drug-likeness (QED) is 0.803. The van der Waals surface area contributed by atoms with Crippen molar-refractivity contribution in [2.75, 3.05) is 20.6 Å². The maximum absolute atomic E-state index is 3.77. The summed E-state index contributed by atoms with van der Waals surface area (Å²) in [6, 6.07) is 9.67. The van der Waals surface area contributed by atoms with Crippen molar-refractivity contribution < 1.29 is 0 Å². The Morgan fingerprint density at radius 3 is 2.52 bits per heavy atom. The fraction of sp³-hybridized carbons (Fsp3) is 0.684. The standard InChI is InChI=1S/C19H32N2/c1-6-13-20-18(19(2,3)21(4)5)17-12-8-11-16(14-17)15-9-7-10-15/h8,11-12,14-15,18,20H,6-7,9-10,13H2,1-5H3. The number of nitrogens with one attached hydrogen (secondary N) is 1. The first kappa shape index (κ1) is 16.5. The van der Waals surface area contributed by atoms with Crippen LogP contribution in [0.1, 0.15) is 69.5 Å². The third-order valence-electron chi connectivity index (χ3n) is 5.28. The lowest BCUT2D eigenvalue weighted by Gasteiger charge is -2.41. The van der Waals surface area contributed by atoms with Gasteiger partial charge in [0.15, 0.2) is 0 Å². The van der Waals surface area contributed by atoms with Gasteiger partial charge in [-0.1, -0.05) is 37.6 Å². The van der Waals surface area contributed by atoms with Gasteiger partial charge in [0.1, 0.15) is 0 Å². The summed E-state index contributed by atoms with van der Waals surface area (Å²) in [7, 11) is 4.35. The van der Waals surface area contributed by atoms with Gasteiger partial charge in [0.2, 0.25) is 0 Å². The maximum atomic E-state index is 3.77. The average molecular weight is 288 g/mol. The summed E-state index contributed by atoms with van der Waals surface area (Å²) < 4.78 is 0. The highest BCUT2D eigenvalue weighted by Crippen LogP contribution is 2.38. The van der Waals surface area contributed by atoms with Crippen LogP contribution in [0, 0.1) is 0 Å². The van der Waals surface area contributed by atoms with Crippen LogP contribution in [0.3, 0.4) is 0 Å². The molecule has 1 N–H and O–H groups in total. The molecule has 1 unspecified atom stereocenters. The van der Waals surface area contributed by atoms with Gasteiger partial charge in [-0.25, -0.2) is 0 Å². The van der Waals surface area contributed by atoms with Gasteiger partial charge in [0.25, 0.3) is 0 Å². The molecule has 1 aliphatic rings. The van der Waals surface area contributed by atoms with Crippen LogP contribution in [0.15, 0.2) is 24.3 Å². The molecule has 1 aromatic rings. The van der Waals surface area contributed by atoms with Crippen molar-refractivity contribution >= 4 is 0 Å². The van der Waals surface area contributed by atoms with Gasteiger partial charge in [-0.05, 0) is 70.8 Å². The van der Waals surface area contributed by atoms with E-state index in [0.717, 1.165) is 12.5 Å². The Labute approximate surface area is 130 Å². The second-order valence-electron chi connectivity index (χ2n) is 7.23. The lowest BCUT2D eigenvalue weighted by atomic mass is 9.78. The van der Waals surface area contributed by atoms with Gasteiger partial charge < -0.3 is 10.2 Å². The molecule has 0 radical (unpaired) electrons. The van der Waals surface area contributed by atoms with E-state index in [1.165, 1.54) is 36.8 Å². The zero-order valence-electron chi connectivity index (χ0n) is 14.4. The lowest BCUT2D eigenvalue weighted by molar-refractivity contribution is 0.138. The van der Waals surface area contributed by atoms with Crippen LogP contribution in [-0.4, -0.2) is 31.1 Å². The Balaban J connectivity index is 2.27. The van der Waals surface area contributed by atoms with Gasteiger partial charge in [-0.15, -0.1) is 0 Å². The summed E-state index contributed by atoms with van der Waals surface area (Å²) >= 11 is 0. The second-order valence-corrected chi connectivity index (χ2v) is 7.23. The molecule has 118 valence electrons. The number of likely N-dealkylation sites (N-methyl/N-ethyl adjacent to an activating group) is 1. The molecule has 2 rings (SSSR count). The minimum atomic E-state index is 0.0907. The highest BCUT2D eigenvalue weighted by Gasteiger charge is 2.33. The highest BCUT2D eigenvalue weighted by atomic mass is 15.2. The van der Waals surface area contributed by atoms with E-state index in [9.17, 15) is 0 Å². The average Bonchev–Trinajstić information content (AvgIpc) is 2.37. The van der Waals surface area contributed by atoms with Crippen LogP contribution in [0.5, 0.6) is 0 Å². The molecule has 1 aromatic carbocycles. The van der Waals surface area contributed by atoms with Gasteiger partial charge in [0, 0.05) is 5.54 Å². The van der Waals surface area contributed by atoms with Crippen LogP contribution in [0.4, 0.5) is 0 Å². The summed E-state index contributed by atoms with van der Waals surface area (Å²) in [4.78, 5) is 2.33. The number of hydrogen-bond acceptors (Lipinski definition) is 2. The van der Waals surface area contributed by atoms with Crippen molar-refractivity contribution in [3.63, 3.8) is 0 Å². The molecule has 2 nitrogen and oxygen atoms in total. The minimum Gasteiger partial charge on any atom is -0.308 e. The largest absolute Gasteiger partial charge is 0.308 e. The molecule has 0 aromatic heterocycles. The summed E-state index contributed by atoms with van der Waals surface area (Å²) in [5.74, 6) is 0.805. The summed E-state index contributed by atoms with van der Waals surface area (Å²) in [5, 5.41) is 3.77. The molecular formula is C19H32N2. The first-order chi connectivity index (χ1) is 9.96. The van der Waals surface area contributed by atoms with Crippen molar-refractivity contribution in [3.8, 4) is 0 Å². The molecule has 1 saturated carbocycles. The Morgan fingerprint density at radius 1 is 1.29 bits per heavy atom. The van der Waals surface area contributed by atoms with Gasteiger partial charge in [-0.3, -0.25) is 0 Å². The first-order valence-electron chi connectivity index (χ1n) is 8.47. The molecule has 0 bridgehead atoms. The Hall–Kier alpha value is -0.860. The smallest absolute Gasteiger partial charge is 0.0501 e. The van der Waals surface area contributed by atoms with Gasteiger partial charge >= 0.3 is 0 Å². The van der Waals surface area contributed by atoms with E-state index in [1.54, 1.807) is 0 Å². The zero-order chi connectivity index (χ0) is 15.5. The van der Waals surface area contributed by atoms with Crippen molar-refractivity contribution in [1.82, 2.24) is 10.2 Å². The van der Waals surface area contributed by atoms with Crippen LogP contribution < -0.4 is 5.32 Å². The molecule has 2 heteroatoms. The normalized spacial score (nSPS) is 17.8. The lowest BCUT2D eigenvalue weighted by Crippen LogP contribution is -2.49. The first-order valence-corrected chi connectivity index (χ1v) is 8.47.